The van der Waals surface area contributed by atoms with E-state index in [9.17, 15) is 14.0 Å². The molecule has 1 heterocycles. The van der Waals surface area contributed by atoms with Crippen molar-refractivity contribution in [2.45, 2.75) is 6.92 Å². The van der Waals surface area contributed by atoms with E-state index in [-0.39, 0.29) is 11.6 Å². The Hall–Kier alpha value is -1.91. The lowest BCUT2D eigenvalue weighted by atomic mass is 10.1. The van der Waals surface area contributed by atoms with Crippen LogP contribution in [0.3, 0.4) is 0 Å². The molecule has 1 aliphatic rings. The van der Waals surface area contributed by atoms with Crippen LogP contribution in [0.4, 0.5) is 10.1 Å². The van der Waals surface area contributed by atoms with Gasteiger partial charge in [0, 0.05) is 31.7 Å². The highest BCUT2D eigenvalue weighted by atomic mass is 19.1. The lowest BCUT2D eigenvalue weighted by molar-refractivity contribution is -0.118. The van der Waals surface area contributed by atoms with Gasteiger partial charge in [-0.05, 0) is 25.1 Å². The quantitative estimate of drug-likeness (QED) is 0.600. The summed E-state index contributed by atoms with van der Waals surface area (Å²) in [6.45, 7) is 3.82. The van der Waals surface area contributed by atoms with Gasteiger partial charge in [0.1, 0.15) is 5.82 Å². The fourth-order valence-corrected chi connectivity index (χ4v) is 2.05. The van der Waals surface area contributed by atoms with Crippen LogP contribution in [0, 0.1) is 5.82 Å². The van der Waals surface area contributed by atoms with E-state index in [1.807, 2.05) is 4.90 Å². The third-order valence-corrected chi connectivity index (χ3v) is 3.16. The molecule has 0 N–H and O–H groups in total. The standard InChI is InChI=1S/C13H15FN2O2/c1-10(18)11-2-3-13(12(14)8-11)16-6-4-15(9-17)5-7-16/h2-3,8-9H,4-7H2,1H3. The second-order valence-corrected chi connectivity index (χ2v) is 4.35. The summed E-state index contributed by atoms with van der Waals surface area (Å²) in [4.78, 5) is 25.3. The molecule has 0 bridgehead atoms. The van der Waals surface area contributed by atoms with Gasteiger partial charge in [-0.1, -0.05) is 0 Å². The topological polar surface area (TPSA) is 40.6 Å². The van der Waals surface area contributed by atoms with Gasteiger partial charge in [-0.2, -0.15) is 0 Å². The normalized spacial score (nSPS) is 15.7. The molecule has 18 heavy (non-hydrogen) atoms. The molecule has 96 valence electrons. The SMILES string of the molecule is CC(=O)c1ccc(N2CCN(C=O)CC2)c(F)c1. The van der Waals surface area contributed by atoms with Crippen molar-refractivity contribution in [1.29, 1.82) is 0 Å². The Kier molecular flexibility index (Phi) is 3.60. The molecule has 2 rings (SSSR count). The summed E-state index contributed by atoms with van der Waals surface area (Å²) in [5.41, 5.74) is 0.869. The van der Waals surface area contributed by atoms with Crippen molar-refractivity contribution in [3.63, 3.8) is 0 Å². The van der Waals surface area contributed by atoms with Gasteiger partial charge in [-0.25, -0.2) is 4.39 Å². The zero-order chi connectivity index (χ0) is 13.1. The number of rotatable bonds is 3. The average molecular weight is 250 g/mol. The van der Waals surface area contributed by atoms with Crippen LogP contribution < -0.4 is 4.90 Å². The van der Waals surface area contributed by atoms with E-state index in [0.717, 1.165) is 6.41 Å². The Morgan fingerprint density at radius 1 is 1.28 bits per heavy atom. The van der Waals surface area contributed by atoms with E-state index in [1.165, 1.54) is 13.0 Å². The molecule has 1 aliphatic heterocycles. The average Bonchev–Trinajstić information content (AvgIpc) is 2.38. The molecule has 1 aromatic carbocycles. The van der Waals surface area contributed by atoms with Crippen molar-refractivity contribution in [2.24, 2.45) is 0 Å². The van der Waals surface area contributed by atoms with Crippen LogP contribution in [0.15, 0.2) is 18.2 Å². The van der Waals surface area contributed by atoms with Crippen LogP contribution in [-0.4, -0.2) is 43.3 Å². The molecular formula is C13H15FN2O2. The molecule has 0 aromatic heterocycles. The highest BCUT2D eigenvalue weighted by molar-refractivity contribution is 5.94. The maximum Gasteiger partial charge on any atom is 0.209 e. The Labute approximate surface area is 105 Å². The van der Waals surface area contributed by atoms with E-state index < -0.39 is 0 Å². The lowest BCUT2D eigenvalue weighted by Crippen LogP contribution is -2.46. The number of piperazine rings is 1. The maximum absolute atomic E-state index is 13.9. The summed E-state index contributed by atoms with van der Waals surface area (Å²) in [5, 5.41) is 0. The Morgan fingerprint density at radius 3 is 2.44 bits per heavy atom. The molecule has 1 fully saturated rings. The van der Waals surface area contributed by atoms with Crippen molar-refractivity contribution >= 4 is 17.9 Å². The second kappa shape index (κ2) is 5.16. The van der Waals surface area contributed by atoms with Gasteiger partial charge in [0.15, 0.2) is 5.78 Å². The van der Waals surface area contributed by atoms with Gasteiger partial charge >= 0.3 is 0 Å². The molecule has 0 radical (unpaired) electrons. The van der Waals surface area contributed by atoms with Crippen molar-refractivity contribution in [3.8, 4) is 0 Å². The third-order valence-electron chi connectivity index (χ3n) is 3.16. The van der Waals surface area contributed by atoms with Gasteiger partial charge in [0.25, 0.3) is 0 Å². The highest BCUT2D eigenvalue weighted by Gasteiger charge is 2.18. The van der Waals surface area contributed by atoms with Crippen LogP contribution in [0.1, 0.15) is 17.3 Å². The number of hydrogen-bond donors (Lipinski definition) is 0. The van der Waals surface area contributed by atoms with Crippen molar-refractivity contribution < 1.29 is 14.0 Å². The lowest BCUT2D eigenvalue weighted by Gasteiger charge is -2.34. The number of halogens is 1. The zero-order valence-corrected chi connectivity index (χ0v) is 10.2. The van der Waals surface area contributed by atoms with E-state index in [2.05, 4.69) is 0 Å². The molecule has 1 saturated heterocycles. The minimum atomic E-state index is -0.387. The number of nitrogens with zero attached hydrogens (tertiary/aromatic N) is 2. The van der Waals surface area contributed by atoms with E-state index in [1.54, 1.807) is 17.0 Å². The van der Waals surface area contributed by atoms with Gasteiger partial charge in [-0.15, -0.1) is 0 Å². The van der Waals surface area contributed by atoms with Crippen LogP contribution in [-0.2, 0) is 4.79 Å². The molecule has 1 aromatic rings. The fraction of sp³-hybridized carbons (Fsp3) is 0.385. The smallest absolute Gasteiger partial charge is 0.209 e. The molecule has 4 nitrogen and oxygen atoms in total. The van der Waals surface area contributed by atoms with Gasteiger partial charge in [-0.3, -0.25) is 9.59 Å². The molecule has 0 aliphatic carbocycles. The molecule has 0 unspecified atom stereocenters. The van der Waals surface area contributed by atoms with E-state index in [0.29, 0.717) is 37.4 Å². The number of carbonyl (C=O) groups is 2. The second-order valence-electron chi connectivity index (χ2n) is 4.35. The van der Waals surface area contributed by atoms with Gasteiger partial charge in [0.05, 0.1) is 5.69 Å². The van der Waals surface area contributed by atoms with Crippen molar-refractivity contribution in [2.75, 3.05) is 31.1 Å². The summed E-state index contributed by atoms with van der Waals surface area (Å²) in [5.74, 6) is -0.534. The molecule has 0 atom stereocenters. The molecule has 0 saturated carbocycles. The van der Waals surface area contributed by atoms with Gasteiger partial charge < -0.3 is 9.80 Å². The predicted octanol–water partition coefficient (Wildman–Crippen LogP) is 1.31. The van der Waals surface area contributed by atoms with E-state index >= 15 is 0 Å². The summed E-state index contributed by atoms with van der Waals surface area (Å²) in [7, 11) is 0. The van der Waals surface area contributed by atoms with Crippen LogP contribution in [0.25, 0.3) is 0 Å². The van der Waals surface area contributed by atoms with E-state index in [4.69, 9.17) is 0 Å². The number of amides is 1. The fourth-order valence-electron chi connectivity index (χ4n) is 2.05. The minimum absolute atomic E-state index is 0.147. The molecule has 5 heteroatoms. The Balaban J connectivity index is 2.14. The molecule has 1 amide bonds. The maximum atomic E-state index is 13.9. The van der Waals surface area contributed by atoms with Crippen LogP contribution in [0.2, 0.25) is 0 Å². The number of ketones is 1. The first-order chi connectivity index (χ1) is 8.61. The Bertz CT molecular complexity index is 468. The number of Topliss-reactive ketones (excluding diaryl/α,β-unsaturated/α-hetero) is 1. The summed E-state index contributed by atoms with van der Waals surface area (Å²) >= 11 is 0. The first kappa shape index (κ1) is 12.5. The highest BCUT2D eigenvalue weighted by Crippen LogP contribution is 2.22. The summed E-state index contributed by atoms with van der Waals surface area (Å²) < 4.78 is 13.9. The summed E-state index contributed by atoms with van der Waals surface area (Å²) in [6, 6.07) is 4.53. The number of hydrogen-bond acceptors (Lipinski definition) is 3. The number of benzene rings is 1. The molecular weight excluding hydrogens is 235 g/mol. The van der Waals surface area contributed by atoms with Crippen LogP contribution in [0.5, 0.6) is 0 Å². The monoisotopic (exact) mass is 250 g/mol. The van der Waals surface area contributed by atoms with Crippen molar-refractivity contribution in [1.82, 2.24) is 4.90 Å². The number of carbonyl (C=O) groups excluding carboxylic acids is 2. The number of anilines is 1. The third kappa shape index (κ3) is 2.50. The van der Waals surface area contributed by atoms with Gasteiger partial charge in [0.2, 0.25) is 6.41 Å². The Morgan fingerprint density at radius 2 is 1.94 bits per heavy atom. The minimum Gasteiger partial charge on any atom is -0.366 e. The van der Waals surface area contributed by atoms with Crippen LogP contribution >= 0.6 is 0 Å². The first-order valence-electron chi connectivity index (χ1n) is 5.86. The first-order valence-corrected chi connectivity index (χ1v) is 5.86. The van der Waals surface area contributed by atoms with Crippen molar-refractivity contribution in [3.05, 3.63) is 29.6 Å². The predicted molar refractivity (Wildman–Crippen MR) is 66.3 cm³/mol. The summed E-state index contributed by atoms with van der Waals surface area (Å²) in [6.07, 6.45) is 0.812. The zero-order valence-electron chi connectivity index (χ0n) is 10.2. The largest absolute Gasteiger partial charge is 0.366 e. The molecule has 0 spiro atoms.